The molecule has 1 aliphatic carbocycles. The number of carbonyl (C=O) groups is 1. The summed E-state index contributed by atoms with van der Waals surface area (Å²) in [5.74, 6) is 1.90. The van der Waals surface area contributed by atoms with Crippen LogP contribution in [0.1, 0.15) is 57.4 Å². The number of amides is 1. The summed E-state index contributed by atoms with van der Waals surface area (Å²) < 4.78 is 0.885. The largest absolute Gasteiger partial charge is 0.300 e. The van der Waals surface area contributed by atoms with Crippen LogP contribution in [0.3, 0.4) is 0 Å². The minimum atomic E-state index is 0.116. The van der Waals surface area contributed by atoms with Crippen LogP contribution in [-0.2, 0) is 4.79 Å². The highest BCUT2D eigenvalue weighted by atomic mass is 32.2. The van der Waals surface area contributed by atoms with E-state index in [1.807, 2.05) is 18.2 Å². The number of anilines is 1. The summed E-state index contributed by atoms with van der Waals surface area (Å²) in [4.78, 5) is 12.5. The van der Waals surface area contributed by atoms with Gasteiger partial charge in [-0.15, -0.1) is 10.2 Å². The quantitative estimate of drug-likeness (QED) is 0.387. The summed E-state index contributed by atoms with van der Waals surface area (Å²) in [6.45, 7) is 2.24. The third kappa shape index (κ3) is 6.74. The molecular weight excluding hydrogens is 386 g/mol. The van der Waals surface area contributed by atoms with Gasteiger partial charge in [0.1, 0.15) is 0 Å². The highest BCUT2D eigenvalue weighted by Crippen LogP contribution is 2.33. The summed E-state index contributed by atoms with van der Waals surface area (Å²) >= 11 is 3.10. The number of hydrogen-bond acceptors (Lipinski definition) is 5. The molecule has 1 saturated carbocycles. The molecule has 1 aromatic heterocycles. The van der Waals surface area contributed by atoms with E-state index in [1.165, 1.54) is 49.0 Å². The Morgan fingerprint density at radius 1 is 1.21 bits per heavy atom. The second-order valence-corrected chi connectivity index (χ2v) is 9.59. The summed E-state index contributed by atoms with van der Waals surface area (Å²) in [5.41, 5.74) is 1.19. The first kappa shape index (κ1) is 21.1. The van der Waals surface area contributed by atoms with E-state index in [1.54, 1.807) is 11.8 Å². The van der Waals surface area contributed by atoms with Crippen molar-refractivity contribution in [3.05, 3.63) is 42.0 Å². The molecule has 0 saturated heterocycles. The number of carbonyl (C=O) groups excluding carboxylic acids is 1. The van der Waals surface area contributed by atoms with Crippen molar-refractivity contribution in [3.63, 3.8) is 0 Å². The standard InChI is InChI=1S/C22H29N3OS2/c1-2-3-8-18-12-14-19(15-13-18)20(26)23-21-24-25-22(28-21)27-16-7-11-17-9-5-4-6-10-17/h4-7,9-11,18-19H,2-3,8,12-16H2,1H3,(H,23,24,26)/b11-7+. The number of benzene rings is 1. The molecule has 1 fully saturated rings. The van der Waals surface area contributed by atoms with Crippen molar-refractivity contribution in [2.75, 3.05) is 11.1 Å². The molecule has 1 heterocycles. The molecular formula is C22H29N3OS2. The molecule has 6 heteroatoms. The maximum absolute atomic E-state index is 12.5. The molecule has 150 valence electrons. The van der Waals surface area contributed by atoms with Crippen LogP contribution in [0, 0.1) is 11.8 Å². The Morgan fingerprint density at radius 3 is 2.75 bits per heavy atom. The molecule has 2 aromatic rings. The zero-order valence-corrected chi connectivity index (χ0v) is 18.1. The second kappa shape index (κ2) is 11.4. The molecule has 0 radical (unpaired) electrons. The fourth-order valence-corrected chi connectivity index (χ4v) is 5.19. The average Bonchev–Trinajstić information content (AvgIpc) is 3.18. The third-order valence-corrected chi connectivity index (χ3v) is 7.16. The lowest BCUT2D eigenvalue weighted by Gasteiger charge is -2.27. The number of unbranched alkanes of at least 4 members (excludes halogenated alkanes) is 1. The number of nitrogens with zero attached hydrogens (tertiary/aromatic N) is 2. The molecule has 4 nitrogen and oxygen atoms in total. The van der Waals surface area contributed by atoms with E-state index in [9.17, 15) is 4.79 Å². The van der Waals surface area contributed by atoms with Gasteiger partial charge < -0.3 is 5.32 Å². The molecule has 0 aliphatic heterocycles. The van der Waals surface area contributed by atoms with Gasteiger partial charge in [-0.1, -0.05) is 91.8 Å². The van der Waals surface area contributed by atoms with Gasteiger partial charge in [-0.2, -0.15) is 0 Å². The lowest BCUT2D eigenvalue weighted by atomic mass is 9.79. The predicted molar refractivity (Wildman–Crippen MR) is 120 cm³/mol. The van der Waals surface area contributed by atoms with Crippen LogP contribution in [0.4, 0.5) is 5.13 Å². The van der Waals surface area contributed by atoms with E-state index in [0.717, 1.165) is 28.9 Å². The zero-order valence-electron chi connectivity index (χ0n) is 16.5. The van der Waals surface area contributed by atoms with Crippen LogP contribution >= 0.6 is 23.1 Å². The summed E-state index contributed by atoms with van der Waals surface area (Å²) in [7, 11) is 0. The molecule has 0 atom stereocenters. The maximum Gasteiger partial charge on any atom is 0.229 e. The highest BCUT2D eigenvalue weighted by Gasteiger charge is 2.26. The molecule has 1 N–H and O–H groups in total. The normalized spacial score (nSPS) is 19.8. The van der Waals surface area contributed by atoms with Crippen molar-refractivity contribution < 1.29 is 4.79 Å². The van der Waals surface area contributed by atoms with Crippen LogP contribution in [-0.4, -0.2) is 21.9 Å². The topological polar surface area (TPSA) is 54.9 Å². The molecule has 1 amide bonds. The van der Waals surface area contributed by atoms with E-state index >= 15 is 0 Å². The maximum atomic E-state index is 12.5. The van der Waals surface area contributed by atoms with E-state index in [4.69, 9.17) is 0 Å². The van der Waals surface area contributed by atoms with E-state index in [2.05, 4.69) is 46.7 Å². The van der Waals surface area contributed by atoms with Gasteiger partial charge in [-0.05, 0) is 37.2 Å². The Kier molecular flexibility index (Phi) is 8.55. The van der Waals surface area contributed by atoms with Gasteiger partial charge >= 0.3 is 0 Å². The Morgan fingerprint density at radius 2 is 2.00 bits per heavy atom. The van der Waals surface area contributed by atoms with Crippen molar-refractivity contribution in [2.45, 2.75) is 56.2 Å². The predicted octanol–water partition coefficient (Wildman–Crippen LogP) is 6.28. The van der Waals surface area contributed by atoms with Gasteiger partial charge in [0.2, 0.25) is 11.0 Å². The third-order valence-electron chi connectivity index (χ3n) is 5.23. The summed E-state index contributed by atoms with van der Waals surface area (Å²) in [5, 5.41) is 11.9. The van der Waals surface area contributed by atoms with Crippen LogP contribution < -0.4 is 5.32 Å². The Labute approximate surface area is 176 Å². The minimum Gasteiger partial charge on any atom is -0.300 e. The number of thioether (sulfide) groups is 1. The van der Waals surface area contributed by atoms with E-state index < -0.39 is 0 Å². The molecule has 0 unspecified atom stereocenters. The van der Waals surface area contributed by atoms with Gasteiger partial charge in [0.15, 0.2) is 4.34 Å². The van der Waals surface area contributed by atoms with Gasteiger partial charge in [-0.3, -0.25) is 4.79 Å². The molecule has 1 aromatic carbocycles. The second-order valence-electron chi connectivity index (χ2n) is 7.35. The highest BCUT2D eigenvalue weighted by molar-refractivity contribution is 8.01. The van der Waals surface area contributed by atoms with E-state index in [0.29, 0.717) is 5.13 Å². The average molecular weight is 416 g/mol. The van der Waals surface area contributed by atoms with Crippen LogP contribution in [0.5, 0.6) is 0 Å². The van der Waals surface area contributed by atoms with Crippen LogP contribution in [0.2, 0.25) is 0 Å². The van der Waals surface area contributed by atoms with Gasteiger partial charge in [0.25, 0.3) is 0 Å². The Balaban J connectivity index is 1.39. The smallest absolute Gasteiger partial charge is 0.229 e. The molecule has 28 heavy (non-hydrogen) atoms. The lowest BCUT2D eigenvalue weighted by molar-refractivity contribution is -0.121. The van der Waals surface area contributed by atoms with Crippen LogP contribution in [0.15, 0.2) is 40.7 Å². The number of nitrogens with one attached hydrogen (secondary N) is 1. The lowest BCUT2D eigenvalue weighted by Crippen LogP contribution is -2.27. The van der Waals surface area contributed by atoms with Crippen molar-refractivity contribution in [2.24, 2.45) is 11.8 Å². The fraction of sp³-hybridized carbons (Fsp3) is 0.500. The Bertz CT molecular complexity index is 752. The van der Waals surface area contributed by atoms with Gasteiger partial charge in [0.05, 0.1) is 0 Å². The molecule has 1 aliphatic rings. The van der Waals surface area contributed by atoms with Crippen molar-refractivity contribution in [1.29, 1.82) is 0 Å². The fourth-order valence-electron chi connectivity index (χ4n) is 3.60. The molecule has 0 spiro atoms. The summed E-state index contributed by atoms with van der Waals surface area (Å²) in [6.07, 6.45) is 12.5. The van der Waals surface area contributed by atoms with Crippen LogP contribution in [0.25, 0.3) is 6.08 Å². The first-order chi connectivity index (χ1) is 13.7. The van der Waals surface area contributed by atoms with Gasteiger partial charge in [0, 0.05) is 11.7 Å². The monoisotopic (exact) mass is 415 g/mol. The van der Waals surface area contributed by atoms with Crippen molar-refractivity contribution in [3.8, 4) is 0 Å². The summed E-state index contributed by atoms with van der Waals surface area (Å²) in [6, 6.07) is 10.2. The van der Waals surface area contributed by atoms with Crippen molar-refractivity contribution >= 4 is 40.2 Å². The van der Waals surface area contributed by atoms with Crippen molar-refractivity contribution in [1.82, 2.24) is 10.2 Å². The van der Waals surface area contributed by atoms with Gasteiger partial charge in [-0.25, -0.2) is 0 Å². The number of hydrogen-bond donors (Lipinski definition) is 1. The number of aromatic nitrogens is 2. The molecule has 0 bridgehead atoms. The first-order valence-electron chi connectivity index (χ1n) is 10.2. The Hall–Kier alpha value is -1.66. The first-order valence-corrected chi connectivity index (χ1v) is 12.0. The number of rotatable bonds is 9. The zero-order chi connectivity index (χ0) is 19.6. The SMILES string of the molecule is CCCCC1CCC(C(=O)Nc2nnc(SC/C=C/c3ccccc3)s2)CC1. The molecule has 3 rings (SSSR count). The van der Waals surface area contributed by atoms with E-state index in [-0.39, 0.29) is 11.8 Å². The minimum absolute atomic E-state index is 0.116.